The van der Waals surface area contributed by atoms with Gasteiger partial charge in [0.1, 0.15) is 0 Å². The lowest BCUT2D eigenvalue weighted by molar-refractivity contribution is -0.137. The van der Waals surface area contributed by atoms with Crippen molar-refractivity contribution in [2.24, 2.45) is 0 Å². The second-order valence-electron chi connectivity index (χ2n) is 7.62. The van der Waals surface area contributed by atoms with E-state index in [-0.39, 0.29) is 37.0 Å². The average molecular weight is 463 g/mol. The minimum absolute atomic E-state index is 0. The lowest BCUT2D eigenvalue weighted by atomic mass is 9.89. The van der Waals surface area contributed by atoms with Crippen LogP contribution in [0.4, 0.5) is 13.2 Å². The van der Waals surface area contributed by atoms with Gasteiger partial charge in [-0.05, 0) is 41.7 Å². The van der Waals surface area contributed by atoms with E-state index in [1.54, 1.807) is 6.07 Å². The van der Waals surface area contributed by atoms with Crippen LogP contribution in [0, 0.1) is 0 Å². The molecule has 0 aromatic heterocycles. The van der Waals surface area contributed by atoms with Crippen LogP contribution >= 0.6 is 24.8 Å². The smallest absolute Gasteiger partial charge is 0.374 e. The first-order valence-corrected chi connectivity index (χ1v) is 9.77. The van der Waals surface area contributed by atoms with Gasteiger partial charge in [-0.15, -0.1) is 24.8 Å². The molecular formula is C22H27Cl2F3N2O. The third-order valence-corrected chi connectivity index (χ3v) is 5.91. The number of rotatable bonds is 5. The summed E-state index contributed by atoms with van der Waals surface area (Å²) in [6, 6.07) is 13.9. The van der Waals surface area contributed by atoms with Crippen LogP contribution in [0.5, 0.6) is 0 Å². The Morgan fingerprint density at radius 1 is 1.00 bits per heavy atom. The molecule has 30 heavy (non-hydrogen) atoms. The fourth-order valence-electron chi connectivity index (χ4n) is 4.51. The lowest BCUT2D eigenvalue weighted by Crippen LogP contribution is -2.55. The maximum absolute atomic E-state index is 13.0. The van der Waals surface area contributed by atoms with Crippen LogP contribution in [0.3, 0.4) is 0 Å². The minimum Gasteiger partial charge on any atom is -0.374 e. The Balaban J connectivity index is 0.00000160. The van der Waals surface area contributed by atoms with Gasteiger partial charge in [0, 0.05) is 26.2 Å². The van der Waals surface area contributed by atoms with Crippen molar-refractivity contribution < 1.29 is 17.9 Å². The average Bonchev–Trinajstić information content (AvgIpc) is 3.08. The molecule has 1 aliphatic carbocycles. The summed E-state index contributed by atoms with van der Waals surface area (Å²) in [6.07, 6.45) is -2.34. The van der Waals surface area contributed by atoms with E-state index in [1.165, 1.54) is 23.3 Å². The zero-order chi connectivity index (χ0) is 19.6. The molecule has 8 heteroatoms. The molecule has 1 aliphatic heterocycles. The number of nitrogens with one attached hydrogen (secondary N) is 1. The number of benzene rings is 2. The maximum Gasteiger partial charge on any atom is 0.416 e. The summed E-state index contributed by atoms with van der Waals surface area (Å²) in [5.74, 6) is 0. The molecule has 4 rings (SSSR count). The van der Waals surface area contributed by atoms with Crippen LogP contribution in [0.1, 0.15) is 28.7 Å². The highest BCUT2D eigenvalue weighted by Crippen LogP contribution is 2.42. The van der Waals surface area contributed by atoms with Gasteiger partial charge < -0.3 is 10.1 Å². The fraction of sp³-hybridized carbons (Fsp3) is 0.455. The molecule has 0 amide bonds. The number of fused-ring (bicyclic) bond motifs is 1. The topological polar surface area (TPSA) is 24.5 Å². The van der Waals surface area contributed by atoms with Crippen molar-refractivity contribution in [1.29, 1.82) is 0 Å². The molecule has 2 aliphatic rings. The number of ether oxygens (including phenoxy) is 1. The number of hydrogen-bond donors (Lipinski definition) is 1. The van der Waals surface area contributed by atoms with Crippen molar-refractivity contribution in [3.05, 3.63) is 70.8 Å². The van der Waals surface area contributed by atoms with Crippen molar-refractivity contribution in [2.45, 2.75) is 31.2 Å². The first kappa shape index (κ1) is 25.0. The molecule has 0 unspecified atom stereocenters. The fourth-order valence-corrected chi connectivity index (χ4v) is 4.51. The molecule has 3 nitrogen and oxygen atoms in total. The largest absolute Gasteiger partial charge is 0.416 e. The van der Waals surface area contributed by atoms with Crippen LogP contribution in [0.25, 0.3) is 0 Å². The van der Waals surface area contributed by atoms with Gasteiger partial charge in [-0.3, -0.25) is 4.90 Å². The molecule has 1 atom stereocenters. The van der Waals surface area contributed by atoms with Gasteiger partial charge in [-0.1, -0.05) is 36.4 Å². The number of hydrogen-bond acceptors (Lipinski definition) is 3. The van der Waals surface area contributed by atoms with E-state index in [1.807, 2.05) is 0 Å². The first-order chi connectivity index (χ1) is 13.5. The van der Waals surface area contributed by atoms with Gasteiger partial charge in [0.05, 0.1) is 24.3 Å². The van der Waals surface area contributed by atoms with E-state index < -0.39 is 11.7 Å². The summed E-state index contributed by atoms with van der Waals surface area (Å²) < 4.78 is 44.9. The Bertz CT molecular complexity index is 828. The Labute approximate surface area is 187 Å². The summed E-state index contributed by atoms with van der Waals surface area (Å²) >= 11 is 0. The van der Waals surface area contributed by atoms with Gasteiger partial charge in [0.15, 0.2) is 0 Å². The van der Waals surface area contributed by atoms with Gasteiger partial charge in [-0.25, -0.2) is 0 Å². The number of nitrogens with zero attached hydrogens (tertiary/aromatic N) is 1. The third-order valence-electron chi connectivity index (χ3n) is 5.91. The highest BCUT2D eigenvalue weighted by Gasteiger charge is 2.44. The molecular weight excluding hydrogens is 436 g/mol. The quantitative estimate of drug-likeness (QED) is 0.689. The zero-order valence-electron chi connectivity index (χ0n) is 16.6. The summed E-state index contributed by atoms with van der Waals surface area (Å²) in [5.41, 5.74) is 2.39. The first-order valence-electron chi connectivity index (χ1n) is 9.77. The van der Waals surface area contributed by atoms with Gasteiger partial charge in [0.25, 0.3) is 0 Å². The highest BCUT2D eigenvalue weighted by atomic mass is 35.5. The summed E-state index contributed by atoms with van der Waals surface area (Å²) in [6.45, 7) is 4.44. The molecule has 2 aromatic rings. The third kappa shape index (κ3) is 5.11. The minimum atomic E-state index is -4.33. The van der Waals surface area contributed by atoms with Crippen molar-refractivity contribution in [1.82, 2.24) is 10.2 Å². The van der Waals surface area contributed by atoms with Crippen molar-refractivity contribution >= 4 is 24.8 Å². The molecule has 1 N–H and O–H groups in total. The Morgan fingerprint density at radius 3 is 2.47 bits per heavy atom. The van der Waals surface area contributed by atoms with E-state index in [0.29, 0.717) is 12.2 Å². The number of aryl methyl sites for hydroxylation is 1. The van der Waals surface area contributed by atoms with Crippen LogP contribution in [0.15, 0.2) is 48.5 Å². The SMILES string of the molecule is Cl.Cl.FC(F)(F)c1cccc(COC[C@]2(N3CCNCC3)CCc3ccccc32)c1. The maximum atomic E-state index is 13.0. The van der Waals surface area contributed by atoms with Gasteiger partial charge in [-0.2, -0.15) is 13.2 Å². The Morgan fingerprint density at radius 2 is 1.73 bits per heavy atom. The normalized spacial score (nSPS) is 21.4. The van der Waals surface area contributed by atoms with E-state index in [9.17, 15) is 13.2 Å². The highest BCUT2D eigenvalue weighted by molar-refractivity contribution is 5.85. The molecule has 0 radical (unpaired) electrons. The van der Waals surface area contributed by atoms with Crippen molar-refractivity contribution in [3.63, 3.8) is 0 Å². The van der Waals surface area contributed by atoms with Crippen LogP contribution in [0.2, 0.25) is 0 Å². The predicted molar refractivity (Wildman–Crippen MR) is 116 cm³/mol. The van der Waals surface area contributed by atoms with E-state index >= 15 is 0 Å². The molecule has 1 fully saturated rings. The van der Waals surface area contributed by atoms with Crippen LogP contribution in [-0.2, 0) is 29.5 Å². The molecule has 0 spiro atoms. The molecule has 0 bridgehead atoms. The molecule has 1 saturated heterocycles. The Kier molecular flexibility index (Phi) is 8.60. The number of halogens is 5. The van der Waals surface area contributed by atoms with E-state index in [0.717, 1.165) is 45.1 Å². The summed E-state index contributed by atoms with van der Waals surface area (Å²) in [7, 11) is 0. The molecule has 1 heterocycles. The van der Waals surface area contributed by atoms with Crippen LogP contribution in [-0.4, -0.2) is 37.7 Å². The molecule has 0 saturated carbocycles. The number of piperazine rings is 1. The Hall–Kier alpha value is -1.31. The second kappa shape index (κ2) is 10.3. The monoisotopic (exact) mass is 462 g/mol. The summed E-state index contributed by atoms with van der Waals surface area (Å²) in [4.78, 5) is 2.49. The van der Waals surface area contributed by atoms with Crippen molar-refractivity contribution in [2.75, 3.05) is 32.8 Å². The van der Waals surface area contributed by atoms with Crippen LogP contribution < -0.4 is 5.32 Å². The van der Waals surface area contributed by atoms with Gasteiger partial charge >= 0.3 is 6.18 Å². The molecule has 2 aromatic carbocycles. The van der Waals surface area contributed by atoms with E-state index in [4.69, 9.17) is 4.74 Å². The van der Waals surface area contributed by atoms with E-state index in [2.05, 4.69) is 34.5 Å². The van der Waals surface area contributed by atoms with Crippen molar-refractivity contribution in [3.8, 4) is 0 Å². The van der Waals surface area contributed by atoms with Gasteiger partial charge in [0.2, 0.25) is 0 Å². The lowest BCUT2D eigenvalue weighted by Gasteiger charge is -2.44. The summed E-state index contributed by atoms with van der Waals surface area (Å²) in [5, 5.41) is 3.39. The predicted octanol–water partition coefficient (Wildman–Crippen LogP) is 4.81. The second-order valence-corrected chi connectivity index (χ2v) is 7.62. The zero-order valence-corrected chi connectivity index (χ0v) is 18.2. The number of alkyl halides is 3. The molecule has 166 valence electrons. The standard InChI is InChI=1S/C22H25F3N2O.2ClH/c23-22(24,25)19-6-3-4-17(14-19)15-28-16-21(27-12-10-26-11-13-27)9-8-18-5-1-2-7-20(18)21;;/h1-7,14,26H,8-13,15-16H2;2*1H/t21-;;/m1../s1.